The maximum atomic E-state index is 6.60. The zero-order chi connectivity index (χ0) is 29.9. The minimum atomic E-state index is 0.0579. The predicted molar refractivity (Wildman–Crippen MR) is 170 cm³/mol. The number of likely N-dealkylation sites (N-methyl/N-ethyl adjacent to an activating group) is 1. The Labute approximate surface area is 265 Å². The van der Waals surface area contributed by atoms with E-state index < -0.39 is 0 Å². The van der Waals surface area contributed by atoms with Gasteiger partial charge in [-0.15, -0.1) is 0 Å². The van der Waals surface area contributed by atoms with Gasteiger partial charge in [0.05, 0.1) is 0 Å². The van der Waals surface area contributed by atoms with Gasteiger partial charge in [0.15, 0.2) is 0 Å². The van der Waals surface area contributed by atoms with Crippen molar-refractivity contribution in [3.05, 3.63) is 100.0 Å². The number of benzene rings is 3. The zero-order valence-electron chi connectivity index (χ0n) is 25.5. The normalized spacial score (nSPS) is 18.9. The first-order chi connectivity index (χ1) is 20.7. The molecule has 3 aromatic carbocycles. The van der Waals surface area contributed by atoms with Crippen LogP contribution in [-0.2, 0) is 31.8 Å². The third-order valence-electron chi connectivity index (χ3n) is 9.18. The summed E-state index contributed by atoms with van der Waals surface area (Å²) in [7, 11) is 4.36. The number of para-hydroxylation sites is 2. The van der Waals surface area contributed by atoms with Crippen molar-refractivity contribution in [2.75, 3.05) is 31.6 Å². The van der Waals surface area contributed by atoms with E-state index in [4.69, 9.17) is 9.72 Å². The van der Waals surface area contributed by atoms with Gasteiger partial charge < -0.3 is 4.90 Å². The van der Waals surface area contributed by atoms with Gasteiger partial charge in [0.2, 0.25) is 0 Å². The summed E-state index contributed by atoms with van der Waals surface area (Å²) in [5.41, 5.74) is 7.42. The number of fused-ring (bicyclic) bond motifs is 4. The van der Waals surface area contributed by atoms with Crippen molar-refractivity contribution in [3.8, 4) is 17.2 Å². The second-order valence-corrected chi connectivity index (χ2v) is 14.1. The molecule has 7 heteroatoms. The van der Waals surface area contributed by atoms with Crippen LogP contribution in [-0.4, -0.2) is 45.7 Å². The van der Waals surface area contributed by atoms with Crippen LogP contribution in [0.5, 0.6) is 11.5 Å². The fourth-order valence-electron chi connectivity index (χ4n) is 6.78. The van der Waals surface area contributed by atoms with Crippen molar-refractivity contribution in [2.24, 2.45) is 13.0 Å². The van der Waals surface area contributed by atoms with E-state index in [2.05, 4.69) is 146 Å². The molecule has 2 unspecified atom stereocenters. The average molecular weight is 753 g/mol. The Balaban J connectivity index is 1.27. The fourth-order valence-corrected chi connectivity index (χ4v) is 7.62. The van der Waals surface area contributed by atoms with Crippen molar-refractivity contribution < 1.29 is 24.1 Å². The SMILES string of the molecule is CN1CCC2CN(c3cc(C(C)(C)C)ccn3)c3cc(Oc4cccc(-n5[c](=[Pt])n(C)c6ccccc65)c4)ccc3C2C1. The molecule has 0 amide bonds. The van der Waals surface area contributed by atoms with Crippen LogP contribution in [0.4, 0.5) is 11.5 Å². The van der Waals surface area contributed by atoms with E-state index in [9.17, 15) is 0 Å². The molecule has 1 saturated heterocycles. The number of ether oxygens (including phenoxy) is 1. The van der Waals surface area contributed by atoms with Crippen molar-refractivity contribution in [1.29, 1.82) is 0 Å². The number of likely N-dealkylation sites (tertiary alicyclic amines) is 1. The van der Waals surface area contributed by atoms with Crippen LogP contribution in [0, 0.1) is 9.72 Å². The third kappa shape index (κ3) is 5.19. The predicted octanol–water partition coefficient (Wildman–Crippen LogP) is 7.72. The molecule has 224 valence electrons. The summed E-state index contributed by atoms with van der Waals surface area (Å²) in [4.78, 5) is 9.80. The summed E-state index contributed by atoms with van der Waals surface area (Å²) in [5, 5.41) is 0. The summed E-state index contributed by atoms with van der Waals surface area (Å²) >= 11 is 2.40. The first-order valence-electron chi connectivity index (χ1n) is 15.1. The van der Waals surface area contributed by atoms with Crippen molar-refractivity contribution in [1.82, 2.24) is 19.0 Å². The summed E-state index contributed by atoms with van der Waals surface area (Å²) in [5.74, 6) is 3.80. The molecule has 0 N–H and O–H groups in total. The Hall–Kier alpha value is -3.47. The number of imidazole rings is 1. The first-order valence-corrected chi connectivity index (χ1v) is 16.3. The Morgan fingerprint density at radius 3 is 2.47 bits per heavy atom. The van der Waals surface area contributed by atoms with E-state index in [1.165, 1.54) is 34.3 Å². The fraction of sp³-hybridized carbons (Fsp3) is 0.333. The van der Waals surface area contributed by atoms with Crippen LogP contribution < -0.4 is 9.64 Å². The van der Waals surface area contributed by atoms with Crippen molar-refractivity contribution >= 4 is 22.5 Å². The van der Waals surface area contributed by atoms with Gasteiger partial charge in [-0.25, -0.2) is 0 Å². The Morgan fingerprint density at radius 2 is 1.65 bits per heavy atom. The van der Waals surface area contributed by atoms with E-state index >= 15 is 0 Å². The second kappa shape index (κ2) is 10.9. The number of rotatable bonds is 4. The second-order valence-electron chi connectivity index (χ2n) is 13.1. The number of anilines is 2. The van der Waals surface area contributed by atoms with Crippen LogP contribution in [0.2, 0.25) is 0 Å². The zero-order valence-corrected chi connectivity index (χ0v) is 27.8. The van der Waals surface area contributed by atoms with Gasteiger partial charge >= 0.3 is 197 Å². The minimum absolute atomic E-state index is 0.0579. The molecule has 7 rings (SSSR count). The molecular weight excluding hydrogens is 714 g/mol. The summed E-state index contributed by atoms with van der Waals surface area (Å²) in [6.45, 7) is 10.00. The molecule has 2 aliphatic rings. The average Bonchev–Trinajstić information content (AvgIpc) is 3.26. The molecule has 2 aliphatic heterocycles. The number of hydrogen-bond acceptors (Lipinski definition) is 4. The quantitative estimate of drug-likeness (QED) is 0.189. The molecule has 6 nitrogen and oxygen atoms in total. The number of pyridine rings is 1. The van der Waals surface area contributed by atoms with Crippen LogP contribution in [0.15, 0.2) is 85.1 Å². The molecule has 5 aromatic rings. The Morgan fingerprint density at radius 1 is 0.860 bits per heavy atom. The van der Waals surface area contributed by atoms with Crippen LogP contribution in [0.25, 0.3) is 16.7 Å². The molecule has 0 spiro atoms. The molecule has 4 heterocycles. The molecular formula is C36H39N5OPt. The monoisotopic (exact) mass is 752 g/mol. The van der Waals surface area contributed by atoms with Gasteiger partial charge in [-0.2, -0.15) is 0 Å². The van der Waals surface area contributed by atoms with E-state index in [0.717, 1.165) is 46.4 Å². The van der Waals surface area contributed by atoms with E-state index in [1.54, 1.807) is 0 Å². The molecule has 0 bridgehead atoms. The molecule has 43 heavy (non-hydrogen) atoms. The molecule has 2 aromatic heterocycles. The van der Waals surface area contributed by atoms with Crippen LogP contribution >= 0.6 is 0 Å². The van der Waals surface area contributed by atoms with E-state index in [1.807, 2.05) is 12.3 Å². The third-order valence-corrected chi connectivity index (χ3v) is 10.4. The topological polar surface area (TPSA) is 38.5 Å². The molecule has 1 fully saturated rings. The number of hydrogen-bond donors (Lipinski definition) is 0. The number of aryl methyl sites for hydroxylation is 1. The van der Waals surface area contributed by atoms with Crippen molar-refractivity contribution in [2.45, 2.75) is 38.5 Å². The van der Waals surface area contributed by atoms with Crippen molar-refractivity contribution in [3.63, 3.8) is 0 Å². The van der Waals surface area contributed by atoms with Gasteiger partial charge in [-0.3, -0.25) is 0 Å². The molecule has 0 radical (unpaired) electrons. The van der Waals surface area contributed by atoms with E-state index in [0.29, 0.717) is 11.8 Å². The number of piperidine rings is 1. The standard InChI is InChI=1S/C36H39N5O.Pt/c1-36(2,3)26-15-17-37-35(19-26)40-22-25-16-18-38(4)23-31(25)30-14-13-29(21-34(30)40)42-28-10-8-9-27(20-28)41-24-39(5)32-11-6-7-12-33(32)41;/h6-15,17,19-21,25,31H,16,18,22-23H2,1-5H3;. The van der Waals surface area contributed by atoms with Crippen LogP contribution in [0.1, 0.15) is 44.2 Å². The van der Waals surface area contributed by atoms with Gasteiger partial charge in [-0.1, -0.05) is 20.8 Å². The first kappa shape index (κ1) is 28.3. The molecule has 0 saturated carbocycles. The van der Waals surface area contributed by atoms with Gasteiger partial charge in [-0.05, 0) is 37.1 Å². The Bertz CT molecular complexity index is 1880. The van der Waals surface area contributed by atoms with Gasteiger partial charge in [0.25, 0.3) is 0 Å². The van der Waals surface area contributed by atoms with Crippen LogP contribution in [0.3, 0.4) is 0 Å². The Kier molecular flexibility index (Phi) is 7.18. The summed E-state index contributed by atoms with van der Waals surface area (Å²) in [6, 6.07) is 28.0. The maximum absolute atomic E-state index is 6.60. The van der Waals surface area contributed by atoms with E-state index in [-0.39, 0.29) is 5.41 Å². The molecule has 2 atom stereocenters. The number of aromatic nitrogens is 3. The number of nitrogens with zero attached hydrogens (tertiary/aromatic N) is 5. The van der Waals surface area contributed by atoms with Gasteiger partial charge in [0, 0.05) is 6.20 Å². The van der Waals surface area contributed by atoms with Gasteiger partial charge in [0.1, 0.15) is 0 Å². The summed E-state index contributed by atoms with van der Waals surface area (Å²) < 4.78 is 12.3. The molecule has 0 aliphatic carbocycles. The summed E-state index contributed by atoms with van der Waals surface area (Å²) in [6.07, 6.45) is 3.17.